The van der Waals surface area contributed by atoms with Crippen LogP contribution in [0, 0.1) is 17.1 Å². The number of nitriles is 1. The van der Waals surface area contributed by atoms with Gasteiger partial charge in [-0.25, -0.2) is 4.39 Å². The zero-order valence-corrected chi connectivity index (χ0v) is 19.6. The lowest BCUT2D eigenvalue weighted by Gasteiger charge is -2.19. The maximum atomic E-state index is 13.4. The molecule has 1 heterocycles. The van der Waals surface area contributed by atoms with Crippen LogP contribution < -0.4 is 10.2 Å². The molecule has 0 spiro atoms. The van der Waals surface area contributed by atoms with Gasteiger partial charge in [-0.05, 0) is 60.5 Å². The number of carbonyl (C=O) groups excluding carboxylic acids is 2. The Labute approximate surface area is 203 Å². The van der Waals surface area contributed by atoms with Crippen molar-refractivity contribution in [3.8, 4) is 6.07 Å². The van der Waals surface area contributed by atoms with Crippen LogP contribution in [0.15, 0.2) is 93.9 Å². The smallest absolute Gasteiger partial charge is 0.269 e. The largest absolute Gasteiger partial charge is 0.321 e. The Hall–Kier alpha value is -3.41. The highest BCUT2D eigenvalue weighted by Gasteiger charge is 2.40. The predicted molar refractivity (Wildman–Crippen MR) is 131 cm³/mol. The van der Waals surface area contributed by atoms with Crippen molar-refractivity contribution in [2.24, 2.45) is 0 Å². The van der Waals surface area contributed by atoms with Crippen molar-refractivity contribution < 1.29 is 14.0 Å². The highest BCUT2D eigenvalue weighted by molar-refractivity contribution is 9.10. The second-order valence-electron chi connectivity index (χ2n) is 7.20. The van der Waals surface area contributed by atoms with Gasteiger partial charge < -0.3 is 5.32 Å². The van der Waals surface area contributed by atoms with Gasteiger partial charge in [0, 0.05) is 15.8 Å². The number of hydrogen-bond acceptors (Lipinski definition) is 4. The van der Waals surface area contributed by atoms with E-state index in [1.54, 1.807) is 60.7 Å². The molecule has 1 atom stereocenters. The van der Waals surface area contributed by atoms with Crippen LogP contribution in [0.2, 0.25) is 0 Å². The number of hydrogen-bond donors (Lipinski definition) is 1. The summed E-state index contributed by atoms with van der Waals surface area (Å²) >= 11 is 4.55. The summed E-state index contributed by atoms with van der Waals surface area (Å²) < 4.78 is 14.1. The summed E-state index contributed by atoms with van der Waals surface area (Å²) in [7, 11) is 0. The van der Waals surface area contributed by atoms with E-state index in [0.717, 1.165) is 21.8 Å². The standard InChI is InChI=1S/C25H17BrFN3O2S/c26-17-8-12-20(13-9-17)30-24(32)22(14-16-6-10-18(27)11-7-16)33-25(30)21(15-28)23(31)29-19-4-2-1-3-5-19/h1-13,22H,14H2,(H,29,31)/b25-21-. The lowest BCUT2D eigenvalue weighted by molar-refractivity contribution is -0.117. The molecular formula is C25H17BrFN3O2S. The van der Waals surface area contributed by atoms with E-state index in [1.165, 1.54) is 17.0 Å². The highest BCUT2D eigenvalue weighted by atomic mass is 79.9. The van der Waals surface area contributed by atoms with Gasteiger partial charge >= 0.3 is 0 Å². The molecule has 2 amide bonds. The monoisotopic (exact) mass is 521 g/mol. The number of benzene rings is 3. The summed E-state index contributed by atoms with van der Waals surface area (Å²) in [5.74, 6) is -1.20. The molecule has 1 aliphatic heterocycles. The first kappa shape index (κ1) is 22.8. The number of halogens is 2. The maximum Gasteiger partial charge on any atom is 0.269 e. The summed E-state index contributed by atoms with van der Waals surface area (Å²) in [5, 5.41) is 12.3. The van der Waals surface area contributed by atoms with E-state index in [4.69, 9.17) is 0 Å². The van der Waals surface area contributed by atoms with Crippen molar-refractivity contribution in [3.05, 3.63) is 105 Å². The second-order valence-corrected chi connectivity index (χ2v) is 9.31. The number of amides is 2. The Balaban J connectivity index is 1.72. The van der Waals surface area contributed by atoms with Gasteiger partial charge in [-0.3, -0.25) is 14.5 Å². The lowest BCUT2D eigenvalue weighted by Crippen LogP contribution is -2.30. The molecule has 33 heavy (non-hydrogen) atoms. The fraction of sp³-hybridized carbons (Fsp3) is 0.0800. The molecule has 3 aromatic carbocycles. The zero-order chi connectivity index (χ0) is 23.4. The van der Waals surface area contributed by atoms with Crippen LogP contribution in [0.1, 0.15) is 5.56 Å². The fourth-order valence-corrected chi connectivity index (χ4v) is 4.93. The third-order valence-electron chi connectivity index (χ3n) is 4.96. The Morgan fingerprint density at radius 2 is 1.73 bits per heavy atom. The van der Waals surface area contributed by atoms with E-state index < -0.39 is 11.2 Å². The summed E-state index contributed by atoms with van der Waals surface area (Å²) in [4.78, 5) is 27.8. The molecule has 1 fully saturated rings. The van der Waals surface area contributed by atoms with E-state index in [2.05, 4.69) is 21.2 Å². The molecule has 0 aliphatic carbocycles. The second kappa shape index (κ2) is 10.0. The molecule has 164 valence electrons. The van der Waals surface area contributed by atoms with Crippen LogP contribution in [0.25, 0.3) is 0 Å². The first-order valence-corrected chi connectivity index (χ1v) is 11.6. The number of para-hydroxylation sites is 1. The molecule has 1 aliphatic rings. The molecule has 4 rings (SSSR count). The van der Waals surface area contributed by atoms with Crippen LogP contribution in [0.3, 0.4) is 0 Å². The zero-order valence-electron chi connectivity index (χ0n) is 17.2. The van der Waals surface area contributed by atoms with Crippen molar-refractivity contribution in [1.82, 2.24) is 0 Å². The first-order valence-electron chi connectivity index (χ1n) is 9.97. The minimum Gasteiger partial charge on any atom is -0.321 e. The summed E-state index contributed by atoms with van der Waals surface area (Å²) in [6.07, 6.45) is 0.333. The molecule has 0 saturated carbocycles. The van der Waals surface area contributed by atoms with Gasteiger partial charge in [-0.2, -0.15) is 5.26 Å². The van der Waals surface area contributed by atoms with Crippen molar-refractivity contribution in [2.45, 2.75) is 11.7 Å². The van der Waals surface area contributed by atoms with Crippen LogP contribution in [0.5, 0.6) is 0 Å². The van der Waals surface area contributed by atoms with E-state index in [9.17, 15) is 19.2 Å². The van der Waals surface area contributed by atoms with Gasteiger partial charge in [0.05, 0.1) is 5.25 Å². The van der Waals surface area contributed by atoms with Crippen LogP contribution in [0.4, 0.5) is 15.8 Å². The first-order chi connectivity index (χ1) is 16.0. The fourth-order valence-electron chi connectivity index (χ4n) is 3.36. The van der Waals surface area contributed by atoms with Gasteiger partial charge in [0.2, 0.25) is 5.91 Å². The lowest BCUT2D eigenvalue weighted by atomic mass is 10.1. The quantitative estimate of drug-likeness (QED) is 0.347. The minimum atomic E-state index is -0.594. The van der Waals surface area contributed by atoms with Gasteiger partial charge in [-0.1, -0.05) is 58.0 Å². The van der Waals surface area contributed by atoms with E-state index in [0.29, 0.717) is 17.8 Å². The molecule has 1 N–H and O–H groups in total. The molecule has 5 nitrogen and oxygen atoms in total. The third kappa shape index (κ3) is 5.16. The Kier molecular flexibility index (Phi) is 6.92. The summed E-state index contributed by atoms with van der Waals surface area (Å²) in [6, 6.07) is 23.8. The molecule has 8 heteroatoms. The van der Waals surface area contributed by atoms with E-state index in [1.807, 2.05) is 12.1 Å². The summed E-state index contributed by atoms with van der Waals surface area (Å²) in [5.41, 5.74) is 1.73. The molecule has 0 bridgehead atoms. The molecule has 0 aromatic heterocycles. The van der Waals surface area contributed by atoms with Gasteiger partial charge in [-0.15, -0.1) is 0 Å². The number of anilines is 2. The van der Waals surface area contributed by atoms with Crippen LogP contribution in [-0.4, -0.2) is 17.1 Å². The molecule has 1 unspecified atom stereocenters. The Bertz CT molecular complexity index is 1260. The van der Waals surface area contributed by atoms with Gasteiger partial charge in [0.1, 0.15) is 22.5 Å². The summed E-state index contributed by atoms with van der Waals surface area (Å²) in [6.45, 7) is 0. The molecule has 1 saturated heterocycles. The van der Waals surface area contributed by atoms with Crippen molar-refractivity contribution in [1.29, 1.82) is 5.26 Å². The normalized spacial score (nSPS) is 16.9. The van der Waals surface area contributed by atoms with Crippen LogP contribution >= 0.6 is 27.7 Å². The van der Waals surface area contributed by atoms with Gasteiger partial charge in [0.25, 0.3) is 5.91 Å². The van der Waals surface area contributed by atoms with Crippen molar-refractivity contribution in [2.75, 3.05) is 10.2 Å². The minimum absolute atomic E-state index is 0.151. The number of rotatable bonds is 5. The van der Waals surface area contributed by atoms with Gasteiger partial charge in [0.15, 0.2) is 0 Å². The maximum absolute atomic E-state index is 13.4. The average molecular weight is 522 g/mol. The van der Waals surface area contributed by atoms with Crippen molar-refractivity contribution >= 4 is 50.9 Å². The Morgan fingerprint density at radius 1 is 1.06 bits per heavy atom. The number of carbonyl (C=O) groups is 2. The van der Waals surface area contributed by atoms with Crippen molar-refractivity contribution in [3.63, 3.8) is 0 Å². The van der Waals surface area contributed by atoms with Crippen LogP contribution in [-0.2, 0) is 16.0 Å². The third-order valence-corrected chi connectivity index (χ3v) is 6.75. The predicted octanol–water partition coefficient (Wildman–Crippen LogP) is 5.65. The van der Waals surface area contributed by atoms with E-state index in [-0.39, 0.29) is 22.3 Å². The topological polar surface area (TPSA) is 73.2 Å². The van der Waals surface area contributed by atoms with E-state index >= 15 is 0 Å². The highest BCUT2D eigenvalue weighted by Crippen LogP contribution is 2.42. The molecule has 3 aromatic rings. The SMILES string of the molecule is N#C/C(C(=O)Nc1ccccc1)=C1/SC(Cc2ccc(F)cc2)C(=O)N1c1ccc(Br)cc1. The Morgan fingerprint density at radius 3 is 2.36 bits per heavy atom. The number of nitrogens with one attached hydrogen (secondary N) is 1. The number of thioether (sulfide) groups is 1. The number of nitrogens with zero attached hydrogens (tertiary/aromatic N) is 2. The molecular weight excluding hydrogens is 505 g/mol. The average Bonchev–Trinajstić information content (AvgIpc) is 3.12. The molecule has 0 radical (unpaired) electrons.